The van der Waals surface area contributed by atoms with Crippen molar-refractivity contribution >= 4 is 11.9 Å². The Kier molecular flexibility index (Phi) is 6.94. The summed E-state index contributed by atoms with van der Waals surface area (Å²) in [6.45, 7) is 2.46. The third-order valence-electron chi connectivity index (χ3n) is 3.31. The third kappa shape index (κ3) is 5.73. The fourth-order valence-electron chi connectivity index (χ4n) is 2.29. The molecule has 0 aliphatic heterocycles. The second kappa shape index (κ2) is 8.52. The first-order valence-corrected chi connectivity index (χ1v) is 7.03. The van der Waals surface area contributed by atoms with Crippen LogP contribution in [0.4, 0.5) is 0 Å². The molecule has 1 N–H and O–H groups in total. The van der Waals surface area contributed by atoms with Gasteiger partial charge in [-0.1, -0.05) is 6.42 Å². The second-order valence-electron chi connectivity index (χ2n) is 4.86. The molecule has 106 valence electrons. The largest absolute Gasteiger partial charge is 0.461 e. The van der Waals surface area contributed by atoms with Gasteiger partial charge in [0.05, 0.1) is 12.0 Å². The van der Waals surface area contributed by atoms with E-state index in [4.69, 9.17) is 10.00 Å². The molecule has 0 radical (unpaired) electrons. The monoisotopic (exact) mass is 266 g/mol. The molecular weight excluding hydrogens is 244 g/mol. The molecule has 1 amide bonds. The number of nitriles is 1. The molecule has 0 heterocycles. The highest BCUT2D eigenvalue weighted by Crippen LogP contribution is 2.26. The molecule has 5 heteroatoms. The van der Waals surface area contributed by atoms with Crippen LogP contribution >= 0.6 is 0 Å². The van der Waals surface area contributed by atoms with Crippen LogP contribution < -0.4 is 5.32 Å². The van der Waals surface area contributed by atoms with Crippen LogP contribution in [0, 0.1) is 17.2 Å². The molecule has 0 aromatic carbocycles. The molecule has 0 saturated heterocycles. The summed E-state index contributed by atoms with van der Waals surface area (Å²) < 4.78 is 5.34. The number of ether oxygens (including phenoxy) is 1. The lowest BCUT2D eigenvalue weighted by atomic mass is 9.87. The van der Waals surface area contributed by atoms with Crippen LogP contribution in [-0.2, 0) is 14.3 Å². The Hall–Kier alpha value is -1.57. The maximum Gasteiger partial charge on any atom is 0.306 e. The number of carbonyl (C=O) groups is 2. The van der Waals surface area contributed by atoms with Gasteiger partial charge in [0.25, 0.3) is 0 Å². The maximum absolute atomic E-state index is 11.6. The summed E-state index contributed by atoms with van der Waals surface area (Å²) >= 11 is 0. The van der Waals surface area contributed by atoms with Gasteiger partial charge in [0.15, 0.2) is 0 Å². The summed E-state index contributed by atoms with van der Waals surface area (Å²) in [5.41, 5.74) is 0. The number of nitrogens with zero attached hydrogens (tertiary/aromatic N) is 1. The average molecular weight is 266 g/mol. The lowest BCUT2D eigenvalue weighted by Gasteiger charge is -2.26. The number of hydrogen-bond donors (Lipinski definition) is 1. The smallest absolute Gasteiger partial charge is 0.306 e. The highest BCUT2D eigenvalue weighted by Gasteiger charge is 2.27. The van der Waals surface area contributed by atoms with Gasteiger partial charge in [-0.15, -0.1) is 0 Å². The number of amides is 1. The van der Waals surface area contributed by atoms with E-state index in [2.05, 4.69) is 11.4 Å². The highest BCUT2D eigenvalue weighted by molar-refractivity contribution is 5.76. The van der Waals surface area contributed by atoms with E-state index in [1.165, 1.54) is 0 Å². The molecule has 2 atom stereocenters. The Balaban J connectivity index is 2.23. The molecule has 1 saturated carbocycles. The predicted octanol–water partition coefficient (Wildman–Crippen LogP) is 1.92. The molecule has 0 aromatic heterocycles. The van der Waals surface area contributed by atoms with Crippen molar-refractivity contribution in [1.29, 1.82) is 5.26 Å². The van der Waals surface area contributed by atoms with Crippen molar-refractivity contribution < 1.29 is 14.3 Å². The van der Waals surface area contributed by atoms with Gasteiger partial charge in [0.2, 0.25) is 5.91 Å². The zero-order chi connectivity index (χ0) is 14.1. The fraction of sp³-hybridized carbons (Fsp3) is 0.786. The van der Waals surface area contributed by atoms with E-state index in [1.54, 1.807) is 0 Å². The van der Waals surface area contributed by atoms with E-state index < -0.39 is 0 Å². The van der Waals surface area contributed by atoms with Gasteiger partial charge < -0.3 is 10.1 Å². The van der Waals surface area contributed by atoms with Gasteiger partial charge in [0.1, 0.15) is 6.10 Å². The van der Waals surface area contributed by atoms with Crippen LogP contribution in [0.3, 0.4) is 0 Å². The van der Waals surface area contributed by atoms with Crippen LogP contribution in [0.2, 0.25) is 0 Å². The van der Waals surface area contributed by atoms with Crippen molar-refractivity contribution in [3.8, 4) is 6.07 Å². The van der Waals surface area contributed by atoms with Gasteiger partial charge in [-0.2, -0.15) is 5.26 Å². The fourth-order valence-corrected chi connectivity index (χ4v) is 2.29. The minimum atomic E-state index is -0.295. The van der Waals surface area contributed by atoms with Crippen molar-refractivity contribution in [2.24, 2.45) is 5.92 Å². The van der Waals surface area contributed by atoms with E-state index in [0.717, 1.165) is 25.7 Å². The highest BCUT2D eigenvalue weighted by atomic mass is 16.5. The maximum atomic E-state index is 11.6. The molecule has 1 rings (SSSR count). The predicted molar refractivity (Wildman–Crippen MR) is 70.0 cm³/mol. The Morgan fingerprint density at radius 2 is 2.05 bits per heavy atom. The minimum Gasteiger partial charge on any atom is -0.461 e. The normalized spacial score (nSPS) is 22.3. The molecule has 1 aliphatic carbocycles. The summed E-state index contributed by atoms with van der Waals surface area (Å²) in [5, 5.41) is 11.7. The SMILES string of the molecule is CCNC(=O)CCCC(=O)O[C@@H]1CCCC[C@@H]1C#N. The molecule has 5 nitrogen and oxygen atoms in total. The van der Waals surface area contributed by atoms with Crippen LogP contribution in [0.25, 0.3) is 0 Å². The average Bonchev–Trinajstić information content (AvgIpc) is 2.39. The molecule has 0 unspecified atom stereocenters. The minimum absolute atomic E-state index is 0.0390. The number of nitrogens with one attached hydrogen (secondary N) is 1. The standard InChI is InChI=1S/C14H22N2O3/c1-2-16-13(17)8-5-9-14(18)19-12-7-4-3-6-11(12)10-15/h11-12H,2-9H2,1H3,(H,16,17)/t11-,12-/m1/s1. The summed E-state index contributed by atoms with van der Waals surface area (Å²) in [5.74, 6) is -0.500. The second-order valence-corrected chi connectivity index (χ2v) is 4.86. The van der Waals surface area contributed by atoms with E-state index in [-0.39, 0.29) is 30.3 Å². The molecule has 0 aromatic rings. The molecule has 1 aliphatic rings. The van der Waals surface area contributed by atoms with Gasteiger partial charge in [-0.05, 0) is 32.6 Å². The van der Waals surface area contributed by atoms with Gasteiger partial charge in [0, 0.05) is 19.4 Å². The summed E-state index contributed by atoms with van der Waals surface area (Å²) in [7, 11) is 0. The Morgan fingerprint density at radius 3 is 2.74 bits per heavy atom. The number of rotatable bonds is 6. The number of esters is 1. The first-order chi connectivity index (χ1) is 9.17. The Bertz CT molecular complexity index is 349. The van der Waals surface area contributed by atoms with Gasteiger partial charge in [-0.25, -0.2) is 0 Å². The number of hydrogen-bond acceptors (Lipinski definition) is 4. The molecule has 0 bridgehead atoms. The van der Waals surface area contributed by atoms with Crippen LogP contribution in [-0.4, -0.2) is 24.5 Å². The van der Waals surface area contributed by atoms with Gasteiger partial charge in [-0.3, -0.25) is 9.59 Å². The molecule has 1 fully saturated rings. The zero-order valence-corrected chi connectivity index (χ0v) is 11.5. The van der Waals surface area contributed by atoms with Crippen molar-refractivity contribution in [1.82, 2.24) is 5.32 Å². The van der Waals surface area contributed by atoms with Crippen LogP contribution in [0.1, 0.15) is 51.9 Å². The van der Waals surface area contributed by atoms with E-state index in [1.807, 2.05) is 6.92 Å². The quantitative estimate of drug-likeness (QED) is 0.745. The van der Waals surface area contributed by atoms with Crippen molar-refractivity contribution in [3.63, 3.8) is 0 Å². The molecule has 0 spiro atoms. The first kappa shape index (κ1) is 15.5. The van der Waals surface area contributed by atoms with E-state index in [9.17, 15) is 9.59 Å². The van der Waals surface area contributed by atoms with Crippen LogP contribution in [0.5, 0.6) is 0 Å². The summed E-state index contributed by atoms with van der Waals surface area (Å²) in [6.07, 6.45) is 4.46. The topological polar surface area (TPSA) is 79.2 Å². The van der Waals surface area contributed by atoms with Gasteiger partial charge >= 0.3 is 5.97 Å². The lowest BCUT2D eigenvalue weighted by Crippen LogP contribution is -2.29. The Morgan fingerprint density at radius 1 is 1.32 bits per heavy atom. The van der Waals surface area contributed by atoms with Crippen molar-refractivity contribution in [2.75, 3.05) is 6.54 Å². The van der Waals surface area contributed by atoms with Crippen molar-refractivity contribution in [2.45, 2.75) is 58.0 Å². The number of carbonyl (C=O) groups excluding carboxylic acids is 2. The van der Waals surface area contributed by atoms with E-state index in [0.29, 0.717) is 19.4 Å². The molecule has 19 heavy (non-hydrogen) atoms. The molecular formula is C14H22N2O3. The Labute approximate surface area is 114 Å². The summed E-state index contributed by atoms with van der Waals surface area (Å²) in [6, 6.07) is 2.21. The lowest BCUT2D eigenvalue weighted by molar-refractivity contribution is -0.152. The third-order valence-corrected chi connectivity index (χ3v) is 3.31. The van der Waals surface area contributed by atoms with Crippen LogP contribution in [0.15, 0.2) is 0 Å². The van der Waals surface area contributed by atoms with Crippen molar-refractivity contribution in [3.05, 3.63) is 0 Å². The summed E-state index contributed by atoms with van der Waals surface area (Å²) in [4.78, 5) is 22.9. The van der Waals surface area contributed by atoms with E-state index >= 15 is 0 Å². The zero-order valence-electron chi connectivity index (χ0n) is 11.5. The first-order valence-electron chi connectivity index (χ1n) is 7.03.